The van der Waals surface area contributed by atoms with Gasteiger partial charge in [-0.25, -0.2) is 4.99 Å². The van der Waals surface area contributed by atoms with E-state index in [9.17, 15) is 4.79 Å². The zero-order valence-corrected chi connectivity index (χ0v) is 7.99. The summed E-state index contributed by atoms with van der Waals surface area (Å²) in [6.07, 6.45) is 2.65. The average Bonchev–Trinajstić information content (AvgIpc) is 2.41. The Morgan fingerprint density at radius 1 is 1.57 bits per heavy atom. The van der Waals surface area contributed by atoms with Crippen molar-refractivity contribution >= 4 is 11.7 Å². The Balaban J connectivity index is 2.17. The summed E-state index contributed by atoms with van der Waals surface area (Å²) in [5.74, 6) is 0.542. The Morgan fingerprint density at radius 3 is 3.21 bits per heavy atom. The van der Waals surface area contributed by atoms with E-state index in [-0.39, 0.29) is 0 Å². The maximum atomic E-state index is 10.9. The molecule has 0 aromatic heterocycles. The summed E-state index contributed by atoms with van der Waals surface area (Å²) in [5, 5.41) is 3.29. The lowest BCUT2D eigenvalue weighted by Gasteiger charge is -2.25. The van der Waals surface area contributed by atoms with Gasteiger partial charge in [-0.2, -0.15) is 0 Å². The third-order valence-corrected chi connectivity index (χ3v) is 2.46. The van der Waals surface area contributed by atoms with Crippen molar-refractivity contribution in [2.45, 2.75) is 6.42 Å². The molecular weight excluding hydrogens is 180 g/mol. The molecule has 1 saturated heterocycles. The van der Waals surface area contributed by atoms with Gasteiger partial charge in [0.15, 0.2) is 0 Å². The molecule has 76 valence electrons. The van der Waals surface area contributed by atoms with E-state index in [2.05, 4.69) is 15.2 Å². The number of nitrogens with one attached hydrogen (secondary N) is 1. The molecule has 5 heteroatoms. The molecule has 0 aromatic carbocycles. The highest BCUT2D eigenvalue weighted by Crippen LogP contribution is 2.10. The van der Waals surface area contributed by atoms with Crippen LogP contribution >= 0.6 is 0 Å². The summed E-state index contributed by atoms with van der Waals surface area (Å²) in [4.78, 5) is 17.4. The number of nitrogens with zero attached hydrogens (tertiary/aromatic N) is 2. The Hall–Kier alpha value is -1.36. The number of amidine groups is 1. The molecule has 2 aliphatic rings. The first-order valence-corrected chi connectivity index (χ1v) is 4.80. The lowest BCUT2D eigenvalue weighted by molar-refractivity contribution is -0.114. The van der Waals surface area contributed by atoms with E-state index >= 15 is 0 Å². The topological polar surface area (TPSA) is 70.7 Å². The lowest BCUT2D eigenvalue weighted by Crippen LogP contribution is -2.36. The van der Waals surface area contributed by atoms with Crippen LogP contribution in [0.25, 0.3) is 0 Å². The van der Waals surface area contributed by atoms with Crippen LogP contribution in [0.1, 0.15) is 6.42 Å². The second-order valence-corrected chi connectivity index (χ2v) is 3.43. The van der Waals surface area contributed by atoms with Gasteiger partial charge < -0.3 is 16.0 Å². The third kappa shape index (κ3) is 1.77. The molecule has 0 saturated carbocycles. The summed E-state index contributed by atoms with van der Waals surface area (Å²) in [6, 6.07) is 0. The van der Waals surface area contributed by atoms with Gasteiger partial charge in [-0.15, -0.1) is 0 Å². The van der Waals surface area contributed by atoms with Gasteiger partial charge in [0.25, 0.3) is 5.91 Å². The van der Waals surface area contributed by atoms with Crippen LogP contribution in [0, 0.1) is 0 Å². The monoisotopic (exact) mass is 194 g/mol. The minimum absolute atomic E-state index is 0.401. The third-order valence-electron chi connectivity index (χ3n) is 2.46. The maximum Gasteiger partial charge on any atom is 0.267 e. The van der Waals surface area contributed by atoms with Gasteiger partial charge in [0.05, 0.1) is 0 Å². The predicted molar refractivity (Wildman–Crippen MR) is 53.8 cm³/mol. The molecule has 1 fully saturated rings. The zero-order chi connectivity index (χ0) is 9.97. The van der Waals surface area contributed by atoms with Crippen molar-refractivity contribution < 1.29 is 4.79 Å². The molecule has 0 atom stereocenters. The summed E-state index contributed by atoms with van der Waals surface area (Å²) in [5.41, 5.74) is 5.58. The molecule has 3 N–H and O–H groups in total. The van der Waals surface area contributed by atoms with Crippen LogP contribution in [-0.4, -0.2) is 42.8 Å². The number of carbonyl (C=O) groups excluding carboxylic acids is 1. The number of primary amides is 1. The quantitative estimate of drug-likeness (QED) is 0.566. The second kappa shape index (κ2) is 3.79. The van der Waals surface area contributed by atoms with Crippen LogP contribution in [0.3, 0.4) is 0 Å². The first-order valence-electron chi connectivity index (χ1n) is 4.80. The second-order valence-electron chi connectivity index (χ2n) is 3.43. The number of amides is 1. The number of rotatable bonds is 1. The molecule has 2 aliphatic heterocycles. The van der Waals surface area contributed by atoms with Gasteiger partial charge in [0.2, 0.25) is 0 Å². The number of fused-ring (bicyclic) bond motifs is 1. The molecule has 2 heterocycles. The molecule has 2 rings (SSSR count). The first kappa shape index (κ1) is 9.21. The fourth-order valence-corrected chi connectivity index (χ4v) is 1.69. The van der Waals surface area contributed by atoms with Crippen LogP contribution in [0.5, 0.6) is 0 Å². The summed E-state index contributed by atoms with van der Waals surface area (Å²) >= 11 is 0. The van der Waals surface area contributed by atoms with Gasteiger partial charge in [-0.05, 0) is 6.08 Å². The van der Waals surface area contributed by atoms with Crippen molar-refractivity contribution in [2.24, 2.45) is 10.7 Å². The van der Waals surface area contributed by atoms with Crippen LogP contribution in [0.2, 0.25) is 0 Å². The Labute approximate surface area is 82.7 Å². The fourth-order valence-electron chi connectivity index (χ4n) is 1.69. The Kier molecular flexibility index (Phi) is 2.49. The molecule has 1 amide bonds. The number of nitrogens with two attached hydrogens (primary N) is 1. The van der Waals surface area contributed by atoms with Crippen molar-refractivity contribution in [2.75, 3.05) is 26.2 Å². The molecule has 0 spiro atoms. The summed E-state index contributed by atoms with van der Waals surface area (Å²) < 4.78 is 0. The van der Waals surface area contributed by atoms with E-state index in [1.807, 2.05) is 0 Å². The van der Waals surface area contributed by atoms with E-state index in [0.717, 1.165) is 38.4 Å². The first-order chi connectivity index (χ1) is 6.77. The maximum absolute atomic E-state index is 10.9. The minimum Gasteiger partial charge on any atom is -0.364 e. The molecule has 5 nitrogen and oxygen atoms in total. The Morgan fingerprint density at radius 2 is 2.43 bits per heavy atom. The number of aliphatic imine (C=N–C) groups is 1. The average molecular weight is 194 g/mol. The largest absolute Gasteiger partial charge is 0.364 e. The highest BCUT2D eigenvalue weighted by Gasteiger charge is 2.19. The van der Waals surface area contributed by atoms with Gasteiger partial charge in [-0.3, -0.25) is 4.79 Å². The van der Waals surface area contributed by atoms with Crippen LogP contribution in [0.15, 0.2) is 16.8 Å². The smallest absolute Gasteiger partial charge is 0.267 e. The number of carbonyl (C=O) groups is 1. The van der Waals surface area contributed by atoms with Gasteiger partial charge >= 0.3 is 0 Å². The van der Waals surface area contributed by atoms with Crippen LogP contribution in [0.4, 0.5) is 0 Å². The van der Waals surface area contributed by atoms with Gasteiger partial charge in [0.1, 0.15) is 11.5 Å². The standard InChI is InChI=1S/C9H14N4O/c10-9(14)7-2-5-13-6-4-11-3-1-8(13)12-7/h2,11H,1,3-6H2,(H2,10,14). The molecule has 0 aromatic rings. The minimum atomic E-state index is -0.436. The highest BCUT2D eigenvalue weighted by molar-refractivity contribution is 5.97. The molecule has 0 aliphatic carbocycles. The highest BCUT2D eigenvalue weighted by atomic mass is 16.1. The van der Waals surface area contributed by atoms with Crippen molar-refractivity contribution in [3.63, 3.8) is 0 Å². The fraction of sp³-hybridized carbons (Fsp3) is 0.556. The van der Waals surface area contributed by atoms with E-state index in [1.54, 1.807) is 6.08 Å². The normalized spacial score (nSPS) is 21.9. The van der Waals surface area contributed by atoms with Crippen molar-refractivity contribution in [1.82, 2.24) is 10.2 Å². The molecule has 14 heavy (non-hydrogen) atoms. The van der Waals surface area contributed by atoms with Crippen LogP contribution in [-0.2, 0) is 4.79 Å². The van der Waals surface area contributed by atoms with E-state index < -0.39 is 5.91 Å². The van der Waals surface area contributed by atoms with Crippen molar-refractivity contribution in [1.29, 1.82) is 0 Å². The van der Waals surface area contributed by atoms with E-state index in [1.165, 1.54) is 0 Å². The van der Waals surface area contributed by atoms with Crippen molar-refractivity contribution in [3.8, 4) is 0 Å². The zero-order valence-electron chi connectivity index (χ0n) is 7.99. The predicted octanol–water partition coefficient (Wildman–Crippen LogP) is -0.937. The molecule has 0 bridgehead atoms. The molecule has 0 radical (unpaired) electrons. The van der Waals surface area contributed by atoms with E-state index in [4.69, 9.17) is 5.73 Å². The summed E-state index contributed by atoms with van der Waals surface area (Å²) in [7, 11) is 0. The Bertz CT molecular complexity index is 308. The lowest BCUT2D eigenvalue weighted by atomic mass is 10.2. The SMILES string of the molecule is NC(=O)C1=CCN2CCNCCC2=N1. The number of hydrogen-bond donors (Lipinski definition) is 2. The van der Waals surface area contributed by atoms with Crippen molar-refractivity contribution in [3.05, 3.63) is 11.8 Å². The molecular formula is C9H14N4O. The summed E-state index contributed by atoms with van der Waals surface area (Å²) in [6.45, 7) is 3.58. The van der Waals surface area contributed by atoms with Gasteiger partial charge in [0, 0.05) is 32.6 Å². The molecule has 0 unspecified atom stereocenters. The number of hydrogen-bond acceptors (Lipinski definition) is 4. The van der Waals surface area contributed by atoms with Crippen LogP contribution < -0.4 is 11.1 Å². The van der Waals surface area contributed by atoms with Gasteiger partial charge in [-0.1, -0.05) is 0 Å². The van der Waals surface area contributed by atoms with E-state index in [0.29, 0.717) is 5.70 Å².